The van der Waals surface area contributed by atoms with Crippen LogP contribution >= 0.6 is 69.2 Å². The van der Waals surface area contributed by atoms with E-state index in [1.807, 2.05) is 86.7 Å². The first-order chi connectivity index (χ1) is 12.9. The van der Waals surface area contributed by atoms with Crippen LogP contribution in [0.2, 0.25) is 0 Å². The standard InChI is InChI=1S/C7H11IO2.C6H12O2.C3H3IO2.C3H2O2.HI/c1-7(2,3)10-6(9)4-5-8;1-5(7)8-6(2,3)4;4-2-1-3(5)6;1-2-3(4)5;/h4-5H,1-3H3;1-4H3;1-2H,(H,5,6);1H,(H,4,5);1H/b5-4-;;2-1-;;. The van der Waals surface area contributed by atoms with E-state index in [4.69, 9.17) is 24.5 Å². The van der Waals surface area contributed by atoms with E-state index in [-0.39, 0.29) is 47.1 Å². The number of esters is 2. The Kier molecular flexibility index (Phi) is 30.1. The molecule has 0 bridgehead atoms. The Morgan fingerprint density at radius 3 is 1.30 bits per heavy atom. The molecule has 0 unspecified atom stereocenters. The predicted octanol–water partition coefficient (Wildman–Crippen LogP) is 4.97. The molecule has 0 aliphatic carbocycles. The SMILES string of the molecule is C#CC(=O)O.CC(=O)OC(C)(C)C.CC(C)(C)OC(=O)/C=C\I.I.O=C(O)/C=C\I. The highest BCUT2D eigenvalue weighted by Gasteiger charge is 2.13. The zero-order chi connectivity index (χ0) is 24.3. The van der Waals surface area contributed by atoms with Gasteiger partial charge in [0.25, 0.3) is 0 Å². The lowest BCUT2D eigenvalue weighted by Gasteiger charge is -2.17. The van der Waals surface area contributed by atoms with Crippen molar-refractivity contribution in [3.05, 3.63) is 20.3 Å². The minimum atomic E-state index is -1.22. The fraction of sp³-hybridized carbons (Fsp3) is 0.474. The van der Waals surface area contributed by atoms with E-state index >= 15 is 0 Å². The first-order valence-electron chi connectivity index (χ1n) is 7.80. The summed E-state index contributed by atoms with van der Waals surface area (Å²) in [7, 11) is 0. The Bertz CT molecular complexity index is 607. The van der Waals surface area contributed by atoms with E-state index in [1.54, 1.807) is 4.08 Å². The summed E-state index contributed by atoms with van der Waals surface area (Å²) < 4.78 is 12.8. The molecule has 0 aliphatic heterocycles. The smallest absolute Gasteiger partial charge is 0.381 e. The molecule has 8 nitrogen and oxygen atoms in total. The molecule has 0 amide bonds. The van der Waals surface area contributed by atoms with Gasteiger partial charge in [0.05, 0.1) is 0 Å². The molecule has 2 N–H and O–H groups in total. The largest absolute Gasteiger partial charge is 0.478 e. The molecule has 0 aromatic heterocycles. The number of carbonyl (C=O) groups is 4. The molecule has 0 spiro atoms. The third kappa shape index (κ3) is 63.1. The molecule has 0 aromatic rings. The van der Waals surface area contributed by atoms with Gasteiger partial charge in [-0.15, -0.1) is 30.4 Å². The first kappa shape index (κ1) is 39.6. The zero-order valence-electron chi connectivity index (χ0n) is 17.9. The van der Waals surface area contributed by atoms with E-state index < -0.39 is 11.9 Å². The molecule has 0 fully saturated rings. The van der Waals surface area contributed by atoms with E-state index in [9.17, 15) is 14.4 Å². The number of hydrogen-bond donors (Lipinski definition) is 2. The van der Waals surface area contributed by atoms with Gasteiger partial charge in [0.2, 0.25) is 0 Å². The van der Waals surface area contributed by atoms with Crippen molar-refractivity contribution in [1.82, 2.24) is 0 Å². The summed E-state index contributed by atoms with van der Waals surface area (Å²) in [6, 6.07) is 0. The molecule has 0 saturated carbocycles. The van der Waals surface area contributed by atoms with Gasteiger partial charge in [0, 0.05) is 25.0 Å². The lowest BCUT2D eigenvalue weighted by Crippen LogP contribution is -2.22. The highest BCUT2D eigenvalue weighted by Crippen LogP contribution is 2.07. The number of carboxylic acid groups (broad SMARTS) is 2. The lowest BCUT2D eigenvalue weighted by molar-refractivity contribution is -0.152. The summed E-state index contributed by atoms with van der Waals surface area (Å²) in [4.78, 5) is 39.6. The summed E-state index contributed by atoms with van der Waals surface area (Å²) in [5.74, 6) is -1.19. The van der Waals surface area contributed by atoms with Crippen LogP contribution < -0.4 is 0 Å². The molecule has 0 heterocycles. The third-order valence-corrected chi connectivity index (χ3v) is 2.10. The summed E-state index contributed by atoms with van der Waals surface area (Å²) in [6.45, 7) is 12.5. The fourth-order valence-corrected chi connectivity index (χ4v) is 1.47. The van der Waals surface area contributed by atoms with Crippen LogP contribution in [0.5, 0.6) is 0 Å². The number of carboxylic acids is 2. The number of carbonyl (C=O) groups excluding carboxylic acids is 2. The van der Waals surface area contributed by atoms with E-state index in [2.05, 4.69) is 6.42 Å². The van der Waals surface area contributed by atoms with Crippen molar-refractivity contribution in [3.63, 3.8) is 0 Å². The van der Waals surface area contributed by atoms with E-state index in [1.165, 1.54) is 23.0 Å². The quantitative estimate of drug-likeness (QED) is 0.175. The van der Waals surface area contributed by atoms with Crippen molar-refractivity contribution in [2.24, 2.45) is 0 Å². The molecule has 30 heavy (non-hydrogen) atoms. The second-order valence-electron chi connectivity index (χ2n) is 6.61. The van der Waals surface area contributed by atoms with Gasteiger partial charge in [-0.3, -0.25) is 4.79 Å². The van der Waals surface area contributed by atoms with Gasteiger partial charge in [-0.2, -0.15) is 0 Å². The first-order valence-corrected chi connectivity index (χ1v) is 10.3. The Morgan fingerprint density at radius 1 is 0.867 bits per heavy atom. The van der Waals surface area contributed by atoms with E-state index in [0.29, 0.717) is 0 Å². The van der Waals surface area contributed by atoms with Crippen molar-refractivity contribution in [2.75, 3.05) is 0 Å². The monoisotopic (exact) mass is 766 g/mol. The van der Waals surface area contributed by atoms with E-state index in [0.717, 1.165) is 6.08 Å². The van der Waals surface area contributed by atoms with Crippen LogP contribution in [-0.4, -0.2) is 45.3 Å². The maximum atomic E-state index is 10.7. The van der Waals surface area contributed by atoms with Crippen LogP contribution in [0, 0.1) is 12.3 Å². The molecule has 11 heteroatoms. The van der Waals surface area contributed by atoms with Gasteiger partial charge in [-0.1, -0.05) is 45.2 Å². The van der Waals surface area contributed by atoms with Crippen molar-refractivity contribution in [3.8, 4) is 12.3 Å². The molecular weight excluding hydrogens is 737 g/mol. The molecule has 0 radical (unpaired) electrons. The lowest BCUT2D eigenvalue weighted by atomic mass is 10.2. The molecule has 0 aliphatic rings. The normalized spacial score (nSPS) is 9.73. The number of halogens is 3. The number of hydrogen-bond acceptors (Lipinski definition) is 6. The second-order valence-corrected chi connectivity index (χ2v) is 8.05. The molecule has 0 atom stereocenters. The van der Waals surface area contributed by atoms with Crippen LogP contribution in [0.1, 0.15) is 48.5 Å². The van der Waals surface area contributed by atoms with Gasteiger partial charge in [0.1, 0.15) is 11.2 Å². The summed E-state index contributed by atoms with van der Waals surface area (Å²) in [5.41, 5.74) is -0.709. The van der Waals surface area contributed by atoms with Gasteiger partial charge >= 0.3 is 23.9 Å². The Hall–Kier alpha value is -0.890. The van der Waals surface area contributed by atoms with Gasteiger partial charge in [-0.25, -0.2) is 14.4 Å². The predicted molar refractivity (Wildman–Crippen MR) is 143 cm³/mol. The van der Waals surface area contributed by atoms with Crippen molar-refractivity contribution in [1.29, 1.82) is 0 Å². The molecule has 0 aromatic carbocycles. The molecule has 0 saturated heterocycles. The third-order valence-electron chi connectivity index (χ3n) is 1.38. The number of ether oxygens (including phenoxy) is 2. The molecular formula is C19H29I3O8. The van der Waals surface area contributed by atoms with Crippen molar-refractivity contribution in [2.45, 2.75) is 59.7 Å². The number of aliphatic carboxylic acids is 2. The fourth-order valence-electron chi connectivity index (χ4n) is 0.872. The highest BCUT2D eigenvalue weighted by atomic mass is 127. The van der Waals surface area contributed by atoms with Crippen LogP contribution in [0.3, 0.4) is 0 Å². The Balaban J connectivity index is -0.0000000947. The number of rotatable bonds is 2. The molecule has 0 rings (SSSR count). The van der Waals surface area contributed by atoms with Crippen LogP contribution in [0.4, 0.5) is 0 Å². The minimum absolute atomic E-state index is 0. The van der Waals surface area contributed by atoms with Crippen LogP contribution in [0.15, 0.2) is 20.3 Å². The molecule has 174 valence electrons. The van der Waals surface area contributed by atoms with Crippen LogP contribution in [-0.2, 0) is 28.7 Å². The van der Waals surface area contributed by atoms with Crippen molar-refractivity contribution < 1.29 is 38.9 Å². The number of terminal acetylenes is 1. The Labute approximate surface area is 222 Å². The summed E-state index contributed by atoms with van der Waals surface area (Å²) in [5, 5.41) is 15.3. The summed E-state index contributed by atoms with van der Waals surface area (Å²) >= 11 is 3.81. The topological polar surface area (TPSA) is 127 Å². The second kappa shape index (κ2) is 22.8. The Morgan fingerprint density at radius 2 is 1.20 bits per heavy atom. The average Bonchev–Trinajstić information content (AvgIpc) is 2.44. The van der Waals surface area contributed by atoms with Gasteiger partial charge in [0.15, 0.2) is 0 Å². The highest BCUT2D eigenvalue weighted by molar-refractivity contribution is 14.1. The zero-order valence-corrected chi connectivity index (χ0v) is 24.5. The van der Waals surface area contributed by atoms with Crippen LogP contribution in [0.25, 0.3) is 0 Å². The summed E-state index contributed by atoms with van der Waals surface area (Å²) in [6.07, 6.45) is 6.79. The maximum absolute atomic E-state index is 10.7. The minimum Gasteiger partial charge on any atom is -0.478 e. The van der Waals surface area contributed by atoms with Gasteiger partial charge < -0.3 is 19.7 Å². The maximum Gasteiger partial charge on any atom is 0.381 e. The average molecular weight is 766 g/mol. The van der Waals surface area contributed by atoms with Gasteiger partial charge in [-0.05, 0) is 49.7 Å². The van der Waals surface area contributed by atoms with Crippen molar-refractivity contribution >= 4 is 93.0 Å².